The summed E-state index contributed by atoms with van der Waals surface area (Å²) in [5.74, 6) is 0. The van der Waals surface area contributed by atoms with Crippen molar-refractivity contribution in [1.29, 1.82) is 0 Å². The zero-order chi connectivity index (χ0) is 31.1. The SMILES string of the molecule is C=CCF.CC.CC.CC/C(C)=C(\C=C/COCCCN)C(C)N1CCC(NCO)CC1C.CCC=C(C)C. The predicted octanol–water partition coefficient (Wildman–Crippen LogP) is 7.97. The number of nitrogens with two attached hydrogens (primary N) is 1. The summed E-state index contributed by atoms with van der Waals surface area (Å²) in [4.78, 5) is 2.59. The molecule has 6 heteroatoms. The molecule has 39 heavy (non-hydrogen) atoms. The number of ether oxygens (including phenoxy) is 1. The van der Waals surface area contributed by atoms with Gasteiger partial charge >= 0.3 is 0 Å². The minimum atomic E-state index is -0.417. The third-order valence-electron chi connectivity index (χ3n) is 6.00. The Hall–Kier alpha value is -1.31. The Kier molecular flexibility index (Phi) is 39.8. The van der Waals surface area contributed by atoms with Crippen LogP contribution in [0.15, 0.2) is 47.6 Å². The van der Waals surface area contributed by atoms with Crippen molar-refractivity contribution in [2.45, 2.75) is 126 Å². The number of aliphatic hydroxyl groups excluding tert-OH is 1. The molecule has 0 radical (unpaired) electrons. The number of piperidine rings is 1. The molecule has 1 heterocycles. The van der Waals surface area contributed by atoms with Gasteiger partial charge in [0.25, 0.3) is 0 Å². The van der Waals surface area contributed by atoms with E-state index in [1.165, 1.54) is 29.2 Å². The van der Waals surface area contributed by atoms with Crippen LogP contribution in [0.25, 0.3) is 0 Å². The summed E-state index contributed by atoms with van der Waals surface area (Å²) >= 11 is 0. The second-order valence-electron chi connectivity index (χ2n) is 9.19. The number of aliphatic hydroxyl groups is 1. The Balaban J connectivity index is -0.000000363. The first kappa shape index (κ1) is 44.7. The monoisotopic (exact) mass is 558 g/mol. The molecule has 234 valence electrons. The van der Waals surface area contributed by atoms with E-state index in [9.17, 15) is 4.39 Å². The topological polar surface area (TPSA) is 70.8 Å². The van der Waals surface area contributed by atoms with Crippen molar-refractivity contribution < 1.29 is 14.2 Å². The van der Waals surface area contributed by atoms with Crippen molar-refractivity contribution in [3.63, 3.8) is 0 Å². The van der Waals surface area contributed by atoms with Gasteiger partial charge in [-0.1, -0.05) is 77.0 Å². The normalized spacial score (nSPS) is 17.9. The second-order valence-corrected chi connectivity index (χ2v) is 9.19. The first-order valence-corrected chi connectivity index (χ1v) is 15.3. The molecular weight excluding hydrogens is 489 g/mol. The lowest BCUT2D eigenvalue weighted by Crippen LogP contribution is -2.51. The molecule has 4 N–H and O–H groups in total. The first-order chi connectivity index (χ1) is 18.7. The number of halogens is 1. The largest absolute Gasteiger partial charge is 0.381 e. The molecule has 0 aromatic carbocycles. The standard InChI is InChI=1S/C20H39N3O2.C6H12.C3H5F.2C2H6/c1-5-16(2)20(8-6-12-25-13-7-10-21)18(4)23-11-9-19(22-15-24)14-17(23)3;1-4-5-6(2)3;1-2-3-4;2*1-2/h6,8,17-19,22,24H,5,7,9-15,21H2,1-4H3;5H,4H2,1-3H3;2H,1,3H2;2*1-2H3/b8-6-,20-16+;;;;. The molecule has 1 rings (SSSR count). The molecular formula is C33H68FN3O2. The summed E-state index contributed by atoms with van der Waals surface area (Å²) in [5, 5.41) is 12.3. The van der Waals surface area contributed by atoms with Crippen LogP contribution in [0.4, 0.5) is 4.39 Å². The van der Waals surface area contributed by atoms with Gasteiger partial charge in [-0.2, -0.15) is 0 Å². The Morgan fingerprint density at radius 1 is 1.21 bits per heavy atom. The van der Waals surface area contributed by atoms with Gasteiger partial charge in [-0.3, -0.25) is 10.2 Å². The lowest BCUT2D eigenvalue weighted by Gasteiger charge is -2.42. The van der Waals surface area contributed by atoms with Gasteiger partial charge in [0, 0.05) is 31.3 Å². The van der Waals surface area contributed by atoms with Gasteiger partial charge in [-0.05, 0) is 78.8 Å². The maximum atomic E-state index is 10.6. The molecule has 1 aliphatic heterocycles. The van der Waals surface area contributed by atoms with Gasteiger partial charge in [0.2, 0.25) is 0 Å². The van der Waals surface area contributed by atoms with Crippen LogP contribution in [-0.2, 0) is 4.74 Å². The van der Waals surface area contributed by atoms with E-state index in [1.54, 1.807) is 0 Å². The molecule has 0 amide bonds. The van der Waals surface area contributed by atoms with E-state index in [0.717, 1.165) is 38.8 Å². The zero-order valence-corrected chi connectivity index (χ0v) is 27.8. The third-order valence-corrected chi connectivity index (χ3v) is 6.00. The highest BCUT2D eigenvalue weighted by molar-refractivity contribution is 5.30. The number of hydrogen-bond acceptors (Lipinski definition) is 5. The molecule has 3 atom stereocenters. The van der Waals surface area contributed by atoms with Crippen LogP contribution in [0, 0.1) is 0 Å². The fourth-order valence-corrected chi connectivity index (χ4v) is 4.02. The van der Waals surface area contributed by atoms with Gasteiger partial charge in [-0.15, -0.1) is 6.58 Å². The number of nitrogens with zero attached hydrogens (tertiary/aromatic N) is 1. The fourth-order valence-electron chi connectivity index (χ4n) is 4.02. The van der Waals surface area contributed by atoms with Gasteiger partial charge < -0.3 is 15.6 Å². The Labute approximate surface area is 243 Å². The second kappa shape index (κ2) is 34.7. The summed E-state index contributed by atoms with van der Waals surface area (Å²) < 4.78 is 16.2. The first-order valence-electron chi connectivity index (χ1n) is 15.3. The number of allylic oxidation sites excluding steroid dienone is 4. The fraction of sp³-hybridized carbons (Fsp3) is 0.758. The molecule has 0 aromatic heterocycles. The minimum absolute atomic E-state index is 0.0694. The average molecular weight is 558 g/mol. The number of alkyl halides is 1. The number of hydrogen-bond donors (Lipinski definition) is 3. The number of likely N-dealkylation sites (tertiary alicyclic amines) is 1. The lowest BCUT2D eigenvalue weighted by atomic mass is 9.92. The van der Waals surface area contributed by atoms with Crippen LogP contribution in [0.5, 0.6) is 0 Å². The molecule has 1 saturated heterocycles. The molecule has 3 unspecified atom stereocenters. The summed E-state index contributed by atoms with van der Waals surface area (Å²) in [6, 6.07) is 1.32. The maximum Gasteiger partial charge on any atom is 0.107 e. The van der Waals surface area contributed by atoms with Gasteiger partial charge in [0.05, 0.1) is 13.3 Å². The van der Waals surface area contributed by atoms with Crippen LogP contribution in [-0.4, -0.2) is 67.8 Å². The van der Waals surface area contributed by atoms with Crippen LogP contribution >= 0.6 is 0 Å². The van der Waals surface area contributed by atoms with Gasteiger partial charge in [0.1, 0.15) is 6.67 Å². The van der Waals surface area contributed by atoms with Crippen molar-refractivity contribution in [1.82, 2.24) is 10.2 Å². The molecule has 1 aliphatic rings. The van der Waals surface area contributed by atoms with E-state index in [2.05, 4.69) is 83.5 Å². The summed E-state index contributed by atoms with van der Waals surface area (Å²) in [5.41, 5.74) is 9.74. The van der Waals surface area contributed by atoms with E-state index in [0.29, 0.717) is 31.3 Å². The Morgan fingerprint density at radius 3 is 2.18 bits per heavy atom. The van der Waals surface area contributed by atoms with Crippen molar-refractivity contribution in [3.8, 4) is 0 Å². The summed E-state index contributed by atoms with van der Waals surface area (Å²) in [6.07, 6.45) is 13.1. The average Bonchev–Trinajstić information content (AvgIpc) is 2.95. The van der Waals surface area contributed by atoms with Crippen molar-refractivity contribution in [3.05, 3.63) is 47.6 Å². The Bertz CT molecular complexity index is 602. The van der Waals surface area contributed by atoms with E-state index >= 15 is 0 Å². The molecule has 0 spiro atoms. The molecule has 0 saturated carbocycles. The minimum Gasteiger partial charge on any atom is -0.381 e. The van der Waals surface area contributed by atoms with Crippen molar-refractivity contribution in [2.75, 3.05) is 39.7 Å². The van der Waals surface area contributed by atoms with Crippen molar-refractivity contribution in [2.24, 2.45) is 5.73 Å². The highest BCUT2D eigenvalue weighted by Crippen LogP contribution is 2.26. The zero-order valence-electron chi connectivity index (χ0n) is 27.8. The summed E-state index contributed by atoms with van der Waals surface area (Å²) in [6.45, 7) is 29.3. The number of rotatable bonds is 13. The van der Waals surface area contributed by atoms with Gasteiger partial charge in [0.15, 0.2) is 0 Å². The van der Waals surface area contributed by atoms with Crippen molar-refractivity contribution >= 4 is 0 Å². The van der Waals surface area contributed by atoms with Gasteiger partial charge in [-0.25, -0.2) is 4.39 Å². The molecule has 0 bridgehead atoms. The van der Waals surface area contributed by atoms with E-state index in [-0.39, 0.29) is 6.73 Å². The van der Waals surface area contributed by atoms with E-state index in [4.69, 9.17) is 15.6 Å². The van der Waals surface area contributed by atoms with Crippen LogP contribution in [0.2, 0.25) is 0 Å². The highest BCUT2D eigenvalue weighted by Gasteiger charge is 2.29. The molecule has 0 aliphatic carbocycles. The highest BCUT2D eigenvalue weighted by atomic mass is 19.1. The number of nitrogens with one attached hydrogen (secondary N) is 1. The van der Waals surface area contributed by atoms with Crippen LogP contribution in [0.1, 0.15) is 108 Å². The van der Waals surface area contributed by atoms with E-state index < -0.39 is 6.67 Å². The summed E-state index contributed by atoms with van der Waals surface area (Å²) in [7, 11) is 0. The van der Waals surface area contributed by atoms with E-state index in [1.807, 2.05) is 27.7 Å². The Morgan fingerprint density at radius 2 is 1.79 bits per heavy atom. The molecule has 5 nitrogen and oxygen atoms in total. The molecule has 0 aromatic rings. The predicted molar refractivity (Wildman–Crippen MR) is 174 cm³/mol. The quantitative estimate of drug-likeness (QED) is 0.0927. The maximum absolute atomic E-state index is 10.6. The lowest BCUT2D eigenvalue weighted by molar-refractivity contribution is 0.100. The van der Waals surface area contributed by atoms with Crippen LogP contribution in [0.3, 0.4) is 0 Å². The molecule has 1 fully saturated rings. The third kappa shape index (κ3) is 26.7. The smallest absolute Gasteiger partial charge is 0.107 e. The van der Waals surface area contributed by atoms with Crippen LogP contribution < -0.4 is 11.1 Å².